The molecule has 0 radical (unpaired) electrons. The Morgan fingerprint density at radius 1 is 1.17 bits per heavy atom. The highest BCUT2D eigenvalue weighted by Crippen LogP contribution is 2.43. The fraction of sp³-hybridized carbons (Fsp3) is 0.346. The maximum atomic E-state index is 13.3. The van der Waals surface area contributed by atoms with Crippen LogP contribution in [0.5, 0.6) is 11.5 Å². The van der Waals surface area contributed by atoms with E-state index in [9.17, 15) is 27.6 Å². The summed E-state index contributed by atoms with van der Waals surface area (Å²) in [6.07, 6.45) is -2.95. The monoisotopic (exact) mass is 505 g/mol. The second-order valence-corrected chi connectivity index (χ2v) is 8.32. The zero-order valence-corrected chi connectivity index (χ0v) is 20.3. The predicted molar refractivity (Wildman–Crippen MR) is 125 cm³/mol. The summed E-state index contributed by atoms with van der Waals surface area (Å²) < 4.78 is 55.7. The Morgan fingerprint density at radius 3 is 2.44 bits per heavy atom. The number of methoxy groups -OCH3 is 1. The van der Waals surface area contributed by atoms with E-state index < -0.39 is 24.0 Å². The fourth-order valence-electron chi connectivity index (χ4n) is 4.04. The molecule has 0 atom stereocenters. The minimum atomic E-state index is -5.15. The van der Waals surface area contributed by atoms with E-state index in [4.69, 9.17) is 14.2 Å². The molecule has 36 heavy (non-hydrogen) atoms. The van der Waals surface area contributed by atoms with Gasteiger partial charge in [-0.15, -0.1) is 0 Å². The Bertz CT molecular complexity index is 1200. The number of rotatable bonds is 8. The average Bonchev–Trinajstić information content (AvgIpc) is 3.22. The Hall–Kier alpha value is -3.82. The summed E-state index contributed by atoms with van der Waals surface area (Å²) in [5.74, 6) is -2.68. The first kappa shape index (κ1) is 26.8. The van der Waals surface area contributed by atoms with Crippen molar-refractivity contribution in [2.24, 2.45) is 0 Å². The third-order valence-electron chi connectivity index (χ3n) is 5.88. The molecule has 0 aromatic heterocycles. The van der Waals surface area contributed by atoms with Gasteiger partial charge in [0.25, 0.3) is 0 Å². The molecule has 0 bridgehead atoms. The summed E-state index contributed by atoms with van der Waals surface area (Å²) in [7, 11) is 2.33. The Morgan fingerprint density at radius 2 is 1.83 bits per heavy atom. The Kier molecular flexibility index (Phi) is 8.07. The molecule has 1 heterocycles. The van der Waals surface area contributed by atoms with Crippen LogP contribution in [0.3, 0.4) is 0 Å². The van der Waals surface area contributed by atoms with Crippen molar-refractivity contribution in [2.75, 3.05) is 19.1 Å². The first-order chi connectivity index (χ1) is 17.0. The van der Waals surface area contributed by atoms with E-state index in [-0.39, 0.29) is 42.0 Å². The number of carbonyl (C=O) groups is 3. The van der Waals surface area contributed by atoms with Gasteiger partial charge >= 0.3 is 24.0 Å². The van der Waals surface area contributed by atoms with Gasteiger partial charge in [-0.2, -0.15) is 13.2 Å². The quantitative estimate of drug-likeness (QED) is 0.283. The molecule has 1 aliphatic rings. The highest BCUT2D eigenvalue weighted by atomic mass is 19.4. The van der Waals surface area contributed by atoms with Crippen molar-refractivity contribution in [3.8, 4) is 11.5 Å². The van der Waals surface area contributed by atoms with Crippen LogP contribution in [0, 0.1) is 6.92 Å². The summed E-state index contributed by atoms with van der Waals surface area (Å²) in [4.78, 5) is 37.2. The number of ether oxygens (including phenoxy) is 3. The highest BCUT2D eigenvalue weighted by molar-refractivity contribution is 6.07. The number of allylic oxidation sites excluding steroid dienone is 2. The minimum absolute atomic E-state index is 0.0505. The van der Waals surface area contributed by atoms with Crippen molar-refractivity contribution in [1.29, 1.82) is 0 Å². The van der Waals surface area contributed by atoms with E-state index in [1.54, 1.807) is 50.3 Å². The number of cyclic esters (lactones) is 1. The molecule has 1 aliphatic heterocycles. The number of nitrogens with zero attached hydrogens (tertiary/aromatic N) is 1. The lowest BCUT2D eigenvalue weighted by molar-refractivity contribution is -0.170. The molecule has 0 saturated heterocycles. The van der Waals surface area contributed by atoms with Gasteiger partial charge in [0.05, 0.1) is 18.4 Å². The number of halogens is 3. The molecule has 10 heteroatoms. The molecule has 2 aromatic carbocycles. The third-order valence-corrected chi connectivity index (χ3v) is 5.88. The van der Waals surface area contributed by atoms with Gasteiger partial charge in [-0.05, 0) is 44.4 Å². The lowest BCUT2D eigenvalue weighted by Gasteiger charge is -2.26. The maximum Gasteiger partial charge on any atom is 0.471 e. The van der Waals surface area contributed by atoms with E-state index in [0.717, 1.165) is 12.6 Å². The molecule has 0 unspecified atom stereocenters. The van der Waals surface area contributed by atoms with E-state index in [2.05, 4.69) is 0 Å². The summed E-state index contributed by atoms with van der Waals surface area (Å²) in [5, 5.41) is 0. The Balaban J connectivity index is 1.91. The summed E-state index contributed by atoms with van der Waals surface area (Å²) in [6.45, 7) is 3.31. The zero-order valence-electron chi connectivity index (χ0n) is 20.3. The van der Waals surface area contributed by atoms with Gasteiger partial charge < -0.3 is 19.1 Å². The standard InChI is InChI=1S/C26H26F3NO6/c1-15(11-13-20(31)36-17-8-6-5-7-9-17)10-12-18-22(30(3)25(33)26(27,28)29)21-19(14-35-24(21)32)16(2)23(18)34-4/h5-10H,11-14H2,1-4H3/b15-10+. The number of fused-ring (bicyclic) bond motifs is 1. The molecular formula is C26H26F3NO6. The van der Waals surface area contributed by atoms with Crippen molar-refractivity contribution in [1.82, 2.24) is 0 Å². The first-order valence-corrected chi connectivity index (χ1v) is 11.1. The number of benzene rings is 2. The number of para-hydroxylation sites is 1. The normalized spacial score (nSPS) is 13.2. The van der Waals surface area contributed by atoms with Crippen LogP contribution in [0.2, 0.25) is 0 Å². The smallest absolute Gasteiger partial charge is 0.471 e. The molecular weight excluding hydrogens is 479 g/mol. The number of esters is 2. The number of anilines is 1. The summed E-state index contributed by atoms with van der Waals surface area (Å²) in [5.41, 5.74) is 1.63. The van der Waals surface area contributed by atoms with Crippen molar-refractivity contribution in [3.05, 3.63) is 64.2 Å². The third kappa shape index (κ3) is 5.69. The van der Waals surface area contributed by atoms with Crippen LogP contribution in [-0.2, 0) is 27.4 Å². The number of carbonyl (C=O) groups excluding carboxylic acids is 3. The van der Waals surface area contributed by atoms with E-state index in [1.807, 2.05) is 0 Å². The lowest BCUT2D eigenvalue weighted by Crippen LogP contribution is -2.39. The largest absolute Gasteiger partial charge is 0.496 e. The van der Waals surface area contributed by atoms with Crippen molar-refractivity contribution in [3.63, 3.8) is 0 Å². The maximum absolute atomic E-state index is 13.3. The number of hydrogen-bond donors (Lipinski definition) is 0. The van der Waals surface area contributed by atoms with Crippen LogP contribution in [-0.4, -0.2) is 38.2 Å². The van der Waals surface area contributed by atoms with E-state index >= 15 is 0 Å². The number of amides is 1. The number of alkyl halides is 3. The Labute approximate surface area is 206 Å². The molecule has 0 N–H and O–H groups in total. The predicted octanol–water partition coefficient (Wildman–Crippen LogP) is 5.07. The lowest BCUT2D eigenvalue weighted by atomic mass is 9.92. The van der Waals surface area contributed by atoms with Crippen molar-refractivity contribution >= 4 is 23.5 Å². The topological polar surface area (TPSA) is 82.1 Å². The zero-order chi connectivity index (χ0) is 26.6. The molecule has 3 rings (SSSR count). The minimum Gasteiger partial charge on any atom is -0.496 e. The molecule has 2 aromatic rings. The first-order valence-electron chi connectivity index (χ1n) is 11.1. The average molecular weight is 505 g/mol. The van der Waals surface area contributed by atoms with Crippen molar-refractivity contribution in [2.45, 2.75) is 45.9 Å². The van der Waals surface area contributed by atoms with Gasteiger partial charge in [0, 0.05) is 24.6 Å². The van der Waals surface area contributed by atoms with Gasteiger partial charge in [-0.3, -0.25) is 9.59 Å². The van der Waals surface area contributed by atoms with Crippen LogP contribution in [0.4, 0.5) is 18.9 Å². The molecule has 192 valence electrons. The van der Waals surface area contributed by atoms with Gasteiger partial charge in [0.15, 0.2) is 0 Å². The number of hydrogen-bond acceptors (Lipinski definition) is 6. The SMILES string of the molecule is COc1c(C)c2c(c(N(C)C(=O)C(F)(F)F)c1C/C=C(\C)CCC(=O)Oc1ccccc1)C(=O)OC2. The van der Waals surface area contributed by atoms with Gasteiger partial charge in [0.1, 0.15) is 18.1 Å². The fourth-order valence-corrected chi connectivity index (χ4v) is 4.04. The van der Waals surface area contributed by atoms with Crippen LogP contribution >= 0.6 is 0 Å². The van der Waals surface area contributed by atoms with Crippen LogP contribution < -0.4 is 14.4 Å². The van der Waals surface area contributed by atoms with Gasteiger partial charge in [-0.1, -0.05) is 29.8 Å². The van der Waals surface area contributed by atoms with Crippen LogP contribution in [0.15, 0.2) is 42.0 Å². The van der Waals surface area contributed by atoms with Gasteiger partial charge in [0.2, 0.25) is 0 Å². The second-order valence-electron chi connectivity index (χ2n) is 8.32. The van der Waals surface area contributed by atoms with Gasteiger partial charge in [-0.25, -0.2) is 4.79 Å². The summed E-state index contributed by atoms with van der Waals surface area (Å²) in [6, 6.07) is 8.61. The molecule has 0 aliphatic carbocycles. The van der Waals surface area contributed by atoms with Crippen molar-refractivity contribution < 1.29 is 41.8 Å². The molecule has 0 fully saturated rings. The molecule has 1 amide bonds. The molecule has 7 nitrogen and oxygen atoms in total. The second kappa shape index (κ2) is 10.8. The van der Waals surface area contributed by atoms with E-state index in [1.165, 1.54) is 7.11 Å². The molecule has 0 saturated carbocycles. The summed E-state index contributed by atoms with van der Waals surface area (Å²) >= 11 is 0. The molecule has 0 spiro atoms. The highest BCUT2D eigenvalue weighted by Gasteiger charge is 2.44. The van der Waals surface area contributed by atoms with Crippen LogP contribution in [0.25, 0.3) is 0 Å². The van der Waals surface area contributed by atoms with E-state index in [0.29, 0.717) is 28.2 Å². The van der Waals surface area contributed by atoms with Crippen LogP contribution in [0.1, 0.15) is 46.8 Å².